The van der Waals surface area contributed by atoms with Crippen molar-refractivity contribution in [2.24, 2.45) is 0 Å². The number of ether oxygens (including phenoxy) is 2. The normalized spacial score (nSPS) is 20.4. The van der Waals surface area contributed by atoms with Gasteiger partial charge in [0, 0.05) is 12.4 Å². The number of rotatable bonds is 4. The molecule has 0 bridgehead atoms. The summed E-state index contributed by atoms with van der Waals surface area (Å²) >= 11 is 5.92. The van der Waals surface area contributed by atoms with Gasteiger partial charge in [-0.2, -0.15) is 4.98 Å². The summed E-state index contributed by atoms with van der Waals surface area (Å²) in [5, 5.41) is 0. The molecule has 1 aliphatic heterocycles. The topological polar surface area (TPSA) is 47.5 Å². The van der Waals surface area contributed by atoms with Crippen LogP contribution in [0, 0.1) is 0 Å². The Labute approximate surface area is 106 Å². The fourth-order valence-electron chi connectivity index (χ4n) is 1.78. The molecule has 2 heterocycles. The number of anilines is 1. The molecule has 17 heavy (non-hydrogen) atoms. The molecule has 1 aromatic heterocycles. The van der Waals surface area contributed by atoms with Crippen LogP contribution < -0.4 is 9.64 Å². The molecule has 1 fully saturated rings. The number of hydrogen-bond donors (Lipinski definition) is 0. The third-order valence-electron chi connectivity index (χ3n) is 2.59. The summed E-state index contributed by atoms with van der Waals surface area (Å²) in [6.07, 6.45) is 3.34. The van der Waals surface area contributed by atoms with Gasteiger partial charge in [-0.1, -0.05) is 0 Å². The second-order valence-corrected chi connectivity index (χ2v) is 4.03. The van der Waals surface area contributed by atoms with E-state index in [0.717, 1.165) is 12.4 Å². The zero-order valence-corrected chi connectivity index (χ0v) is 10.6. The van der Waals surface area contributed by atoms with Crippen molar-refractivity contribution >= 4 is 17.4 Å². The van der Waals surface area contributed by atoms with E-state index in [1.807, 2.05) is 6.92 Å². The first-order valence-corrected chi connectivity index (χ1v) is 6.23. The number of halogens is 1. The highest BCUT2D eigenvalue weighted by molar-refractivity contribution is 6.18. The quantitative estimate of drug-likeness (QED) is 0.762. The molecule has 94 valence electrons. The van der Waals surface area contributed by atoms with E-state index in [9.17, 15) is 0 Å². The SMILES string of the molecule is CCOc1cncc(N2CCOCC2CCl)n1. The maximum Gasteiger partial charge on any atom is 0.234 e. The minimum absolute atomic E-state index is 0.150. The molecule has 1 atom stereocenters. The van der Waals surface area contributed by atoms with Gasteiger partial charge in [0.05, 0.1) is 38.3 Å². The van der Waals surface area contributed by atoms with Crippen molar-refractivity contribution in [3.8, 4) is 5.88 Å². The molecular weight excluding hydrogens is 242 g/mol. The number of aromatic nitrogens is 2. The number of hydrogen-bond acceptors (Lipinski definition) is 5. The van der Waals surface area contributed by atoms with Gasteiger partial charge < -0.3 is 14.4 Å². The van der Waals surface area contributed by atoms with Crippen molar-refractivity contribution in [1.82, 2.24) is 9.97 Å². The first kappa shape index (κ1) is 12.4. The zero-order chi connectivity index (χ0) is 12.1. The van der Waals surface area contributed by atoms with Crippen molar-refractivity contribution < 1.29 is 9.47 Å². The lowest BCUT2D eigenvalue weighted by atomic mass is 10.2. The van der Waals surface area contributed by atoms with Crippen LogP contribution in [0.4, 0.5) is 5.82 Å². The molecule has 5 nitrogen and oxygen atoms in total. The van der Waals surface area contributed by atoms with Crippen LogP contribution >= 0.6 is 11.6 Å². The van der Waals surface area contributed by atoms with Gasteiger partial charge in [-0.15, -0.1) is 11.6 Å². The van der Waals surface area contributed by atoms with Crippen LogP contribution in [0.15, 0.2) is 12.4 Å². The maximum absolute atomic E-state index is 5.92. The first-order chi connectivity index (χ1) is 8.35. The fraction of sp³-hybridized carbons (Fsp3) is 0.636. The van der Waals surface area contributed by atoms with Crippen molar-refractivity contribution in [3.05, 3.63) is 12.4 Å². The van der Waals surface area contributed by atoms with Gasteiger partial charge in [-0.25, -0.2) is 0 Å². The average molecular weight is 258 g/mol. The first-order valence-electron chi connectivity index (χ1n) is 5.70. The number of morpholine rings is 1. The standard InChI is InChI=1S/C11H16ClN3O2/c1-2-17-11-7-13-6-10(14-11)15-3-4-16-8-9(15)5-12/h6-7,9H,2-5,8H2,1H3. The van der Waals surface area contributed by atoms with E-state index in [-0.39, 0.29) is 6.04 Å². The van der Waals surface area contributed by atoms with Crippen LogP contribution in [0.5, 0.6) is 5.88 Å². The van der Waals surface area contributed by atoms with Crippen LogP contribution in [0.3, 0.4) is 0 Å². The van der Waals surface area contributed by atoms with E-state index in [4.69, 9.17) is 21.1 Å². The monoisotopic (exact) mass is 257 g/mol. The van der Waals surface area contributed by atoms with E-state index < -0.39 is 0 Å². The van der Waals surface area contributed by atoms with Gasteiger partial charge >= 0.3 is 0 Å². The molecule has 6 heteroatoms. The summed E-state index contributed by atoms with van der Waals surface area (Å²) in [5.41, 5.74) is 0. The molecule has 1 saturated heterocycles. The Kier molecular flexibility index (Phi) is 4.39. The largest absolute Gasteiger partial charge is 0.477 e. The molecule has 1 aromatic rings. The van der Waals surface area contributed by atoms with Gasteiger partial charge in [-0.3, -0.25) is 4.98 Å². The average Bonchev–Trinajstić information content (AvgIpc) is 2.39. The van der Waals surface area contributed by atoms with Crippen LogP contribution in [-0.2, 0) is 4.74 Å². The highest BCUT2D eigenvalue weighted by Crippen LogP contribution is 2.19. The molecule has 0 amide bonds. The van der Waals surface area contributed by atoms with Gasteiger partial charge in [0.1, 0.15) is 0 Å². The molecule has 0 aromatic carbocycles. The Hall–Kier alpha value is -1.07. The number of nitrogens with zero attached hydrogens (tertiary/aromatic N) is 3. The van der Waals surface area contributed by atoms with Crippen molar-refractivity contribution in [1.29, 1.82) is 0 Å². The van der Waals surface area contributed by atoms with Crippen LogP contribution in [0.2, 0.25) is 0 Å². The predicted molar refractivity (Wildman–Crippen MR) is 65.9 cm³/mol. The van der Waals surface area contributed by atoms with E-state index in [0.29, 0.717) is 31.6 Å². The van der Waals surface area contributed by atoms with Gasteiger partial charge in [0.25, 0.3) is 0 Å². The summed E-state index contributed by atoms with van der Waals surface area (Å²) in [7, 11) is 0. The molecule has 0 N–H and O–H groups in total. The van der Waals surface area contributed by atoms with Crippen molar-refractivity contribution in [2.45, 2.75) is 13.0 Å². The lowest BCUT2D eigenvalue weighted by molar-refractivity contribution is 0.0992. The van der Waals surface area contributed by atoms with Crippen LogP contribution in [0.25, 0.3) is 0 Å². The Bertz CT molecular complexity index is 364. The third-order valence-corrected chi connectivity index (χ3v) is 2.95. The Morgan fingerprint density at radius 3 is 3.24 bits per heavy atom. The van der Waals surface area contributed by atoms with Gasteiger partial charge in [0.15, 0.2) is 5.82 Å². The van der Waals surface area contributed by atoms with E-state index >= 15 is 0 Å². The molecule has 0 saturated carbocycles. The molecule has 0 spiro atoms. The second-order valence-electron chi connectivity index (χ2n) is 3.72. The minimum atomic E-state index is 0.150. The summed E-state index contributed by atoms with van der Waals surface area (Å²) in [5.74, 6) is 1.86. The van der Waals surface area contributed by atoms with Crippen molar-refractivity contribution in [2.75, 3.05) is 37.1 Å². The molecule has 2 rings (SSSR count). The fourth-order valence-corrected chi connectivity index (χ4v) is 2.03. The lowest BCUT2D eigenvalue weighted by Crippen LogP contribution is -2.47. The highest BCUT2D eigenvalue weighted by atomic mass is 35.5. The predicted octanol–water partition coefficient (Wildman–Crippen LogP) is 1.32. The summed E-state index contributed by atoms with van der Waals surface area (Å²) in [6, 6.07) is 0.150. The summed E-state index contributed by atoms with van der Waals surface area (Å²) < 4.78 is 10.7. The van der Waals surface area contributed by atoms with E-state index in [2.05, 4.69) is 14.9 Å². The van der Waals surface area contributed by atoms with Gasteiger partial charge in [-0.05, 0) is 6.92 Å². The smallest absolute Gasteiger partial charge is 0.234 e. The Balaban J connectivity index is 2.16. The van der Waals surface area contributed by atoms with Crippen molar-refractivity contribution in [3.63, 3.8) is 0 Å². The maximum atomic E-state index is 5.92. The molecule has 1 unspecified atom stereocenters. The lowest BCUT2D eigenvalue weighted by Gasteiger charge is -2.35. The van der Waals surface area contributed by atoms with Gasteiger partial charge in [0.2, 0.25) is 5.88 Å². The van der Waals surface area contributed by atoms with Crippen LogP contribution in [0.1, 0.15) is 6.92 Å². The molecule has 0 radical (unpaired) electrons. The summed E-state index contributed by atoms with van der Waals surface area (Å²) in [6.45, 7) is 4.60. The van der Waals surface area contributed by atoms with E-state index in [1.165, 1.54) is 0 Å². The minimum Gasteiger partial charge on any atom is -0.477 e. The van der Waals surface area contributed by atoms with E-state index in [1.54, 1.807) is 12.4 Å². The van der Waals surface area contributed by atoms with Crippen LogP contribution in [-0.4, -0.2) is 48.3 Å². The molecule has 1 aliphatic rings. The third kappa shape index (κ3) is 2.98. The zero-order valence-electron chi connectivity index (χ0n) is 9.80. The Morgan fingerprint density at radius 1 is 1.59 bits per heavy atom. The highest BCUT2D eigenvalue weighted by Gasteiger charge is 2.23. The Morgan fingerprint density at radius 2 is 2.47 bits per heavy atom. The summed E-state index contributed by atoms with van der Waals surface area (Å²) in [4.78, 5) is 10.7. The number of alkyl halides is 1. The molecular formula is C11H16ClN3O2. The second kappa shape index (κ2) is 6.02. The molecule has 0 aliphatic carbocycles.